The fraction of sp³-hybridized carbons (Fsp3) is 0.250. The number of aromatic nitrogens is 2. The van der Waals surface area contributed by atoms with Crippen LogP contribution >= 0.6 is 11.6 Å². The Labute approximate surface area is 148 Å². The smallest absolute Gasteiger partial charge is 0.275 e. The highest BCUT2D eigenvalue weighted by Gasteiger charge is 2.39. The number of halogens is 1. The summed E-state index contributed by atoms with van der Waals surface area (Å²) >= 11 is 6.29. The highest BCUT2D eigenvalue weighted by molar-refractivity contribution is 6.31. The van der Waals surface area contributed by atoms with Crippen molar-refractivity contribution in [2.24, 2.45) is 5.73 Å². The summed E-state index contributed by atoms with van der Waals surface area (Å²) in [6.07, 6.45) is 1.45. The lowest BCUT2D eigenvalue weighted by Crippen LogP contribution is -2.22. The Kier molecular flexibility index (Phi) is 4.33. The maximum Gasteiger partial charge on any atom is 0.275 e. The largest absolute Gasteiger partial charge is 0.420 e. The van der Waals surface area contributed by atoms with Crippen LogP contribution in [0.25, 0.3) is 0 Å². The molecule has 2 aromatic rings. The third kappa shape index (κ3) is 2.68. The summed E-state index contributed by atoms with van der Waals surface area (Å²) in [5.41, 5.74) is 7.24. The van der Waals surface area contributed by atoms with Crippen LogP contribution in [-0.4, -0.2) is 15.1 Å². The van der Waals surface area contributed by atoms with Gasteiger partial charge in [-0.1, -0.05) is 31.0 Å². The van der Waals surface area contributed by atoms with Gasteiger partial charge < -0.3 is 10.5 Å². The second-order valence-electron chi connectivity index (χ2n) is 5.53. The van der Waals surface area contributed by atoms with Crippen LogP contribution in [0.15, 0.2) is 29.7 Å². The Bertz CT molecular complexity index is 928. The molecule has 1 aromatic heterocycles. The number of H-pyrrole nitrogens is 1. The summed E-state index contributed by atoms with van der Waals surface area (Å²) in [4.78, 5) is 11.0. The van der Waals surface area contributed by atoms with Crippen LogP contribution in [-0.2, 0) is 6.42 Å². The minimum atomic E-state index is -0.817. The first-order valence-corrected chi connectivity index (χ1v) is 7.94. The third-order valence-corrected chi connectivity index (χ3v) is 4.36. The maximum absolute atomic E-state index is 11.5. The number of nitrogens with two attached hydrogens (primary N) is 1. The number of rotatable bonds is 4. The minimum Gasteiger partial charge on any atom is -0.420 e. The first-order chi connectivity index (χ1) is 12.0. The van der Waals surface area contributed by atoms with Crippen LogP contribution in [0, 0.1) is 21.4 Å². The zero-order valence-corrected chi connectivity index (χ0v) is 14.0. The molecule has 0 aliphatic carbocycles. The molecule has 8 nitrogen and oxygen atoms in total. The molecule has 3 rings (SSSR count). The van der Waals surface area contributed by atoms with Crippen molar-refractivity contribution in [1.82, 2.24) is 10.2 Å². The molecule has 9 heteroatoms. The Morgan fingerprint density at radius 1 is 1.52 bits per heavy atom. The summed E-state index contributed by atoms with van der Waals surface area (Å²) in [5, 5.41) is 28.2. The fourth-order valence-corrected chi connectivity index (χ4v) is 3.29. The van der Waals surface area contributed by atoms with Crippen molar-refractivity contribution in [3.05, 3.63) is 61.6 Å². The van der Waals surface area contributed by atoms with Crippen molar-refractivity contribution in [3.63, 3.8) is 0 Å². The zero-order valence-electron chi connectivity index (χ0n) is 13.2. The number of nitriles is 1. The number of nitrogens with one attached hydrogen (secondary N) is 1. The second-order valence-corrected chi connectivity index (χ2v) is 5.93. The lowest BCUT2D eigenvalue weighted by atomic mass is 9.82. The number of aromatic amines is 1. The number of allylic oxidation sites excluding steroid dienone is 1. The van der Waals surface area contributed by atoms with Gasteiger partial charge in [-0.05, 0) is 12.5 Å². The topological polar surface area (TPSA) is 131 Å². The lowest BCUT2D eigenvalue weighted by Gasteiger charge is -2.24. The van der Waals surface area contributed by atoms with Crippen LogP contribution in [0.2, 0.25) is 5.02 Å². The van der Waals surface area contributed by atoms with Gasteiger partial charge in [0.25, 0.3) is 5.69 Å². The molecule has 0 radical (unpaired) electrons. The maximum atomic E-state index is 11.5. The Morgan fingerprint density at radius 2 is 2.28 bits per heavy atom. The molecule has 1 aliphatic heterocycles. The van der Waals surface area contributed by atoms with Crippen LogP contribution in [0.1, 0.15) is 36.1 Å². The molecule has 0 saturated heterocycles. The van der Waals surface area contributed by atoms with E-state index in [0.29, 0.717) is 12.0 Å². The third-order valence-electron chi connectivity index (χ3n) is 4.03. The monoisotopic (exact) mass is 359 g/mol. The van der Waals surface area contributed by atoms with E-state index in [1.807, 2.05) is 13.0 Å². The highest BCUT2D eigenvalue weighted by atomic mass is 35.5. The fourth-order valence-electron chi connectivity index (χ4n) is 3.01. The molecule has 0 bridgehead atoms. The van der Waals surface area contributed by atoms with E-state index in [9.17, 15) is 15.4 Å². The zero-order chi connectivity index (χ0) is 18.1. The minimum absolute atomic E-state index is 0.0717. The predicted octanol–water partition coefficient (Wildman–Crippen LogP) is 3.14. The number of fused-ring (bicyclic) bond motifs is 1. The molecule has 0 unspecified atom stereocenters. The van der Waals surface area contributed by atoms with E-state index in [4.69, 9.17) is 22.1 Å². The normalized spacial score (nSPS) is 16.1. The van der Waals surface area contributed by atoms with Gasteiger partial charge >= 0.3 is 0 Å². The molecule has 25 heavy (non-hydrogen) atoms. The number of nitrogens with zero attached hydrogens (tertiary/aromatic N) is 3. The highest BCUT2D eigenvalue weighted by Crippen LogP contribution is 2.47. The van der Waals surface area contributed by atoms with Gasteiger partial charge in [-0.15, -0.1) is 5.10 Å². The summed E-state index contributed by atoms with van der Waals surface area (Å²) in [6.45, 7) is 1.99. The number of benzene rings is 1. The van der Waals surface area contributed by atoms with Gasteiger partial charge in [-0.25, -0.2) is 0 Å². The molecule has 3 N–H and O–H groups in total. The average Bonchev–Trinajstić information content (AvgIpc) is 2.96. The standard InChI is InChI=1S/C16H14ClN5O3/c1-2-4-10-14-12(8(7-18)15(19)25-16(14)21-20-10)13-9(17)5-3-6-11(13)22(23)24/h3,5-6,12H,2,4,19H2,1H3,(H,20,21)/t12-/m1/s1. The van der Waals surface area contributed by atoms with Crippen molar-refractivity contribution in [1.29, 1.82) is 5.26 Å². The van der Waals surface area contributed by atoms with Crippen LogP contribution in [0.5, 0.6) is 5.88 Å². The number of nitro groups is 1. The van der Waals surface area contributed by atoms with Gasteiger partial charge in [0.1, 0.15) is 11.6 Å². The van der Waals surface area contributed by atoms with Crippen molar-refractivity contribution >= 4 is 17.3 Å². The van der Waals surface area contributed by atoms with E-state index in [2.05, 4.69) is 10.2 Å². The number of nitro benzene ring substituents is 1. The molecule has 2 heterocycles. The van der Waals surface area contributed by atoms with Gasteiger partial charge in [0.05, 0.1) is 27.0 Å². The van der Waals surface area contributed by atoms with Gasteiger partial charge in [0, 0.05) is 11.8 Å². The SMILES string of the molecule is CCCc1[nH]nc2c1[C@@H](c1c(Cl)cccc1[N+](=O)[O-])C(C#N)=C(N)O2. The summed E-state index contributed by atoms with van der Waals surface area (Å²) < 4.78 is 5.43. The second kappa shape index (κ2) is 6.45. The van der Waals surface area contributed by atoms with Crippen molar-refractivity contribution < 1.29 is 9.66 Å². The van der Waals surface area contributed by atoms with Crippen molar-refractivity contribution in [2.45, 2.75) is 25.7 Å². The summed E-state index contributed by atoms with van der Waals surface area (Å²) in [5.74, 6) is -0.744. The quantitative estimate of drug-likeness (QED) is 0.636. The van der Waals surface area contributed by atoms with E-state index >= 15 is 0 Å². The number of hydrogen-bond acceptors (Lipinski definition) is 6. The van der Waals surface area contributed by atoms with Crippen LogP contribution in [0.4, 0.5) is 5.69 Å². The molecule has 0 spiro atoms. The summed E-state index contributed by atoms with van der Waals surface area (Å²) in [6, 6.07) is 6.39. The van der Waals surface area contributed by atoms with E-state index in [1.54, 1.807) is 6.07 Å². The van der Waals surface area contributed by atoms with Crippen molar-refractivity contribution in [3.8, 4) is 11.9 Å². The molecule has 1 aromatic carbocycles. The Hall–Kier alpha value is -3.05. The number of aryl methyl sites for hydroxylation is 1. The molecule has 1 aliphatic rings. The van der Waals surface area contributed by atoms with E-state index < -0.39 is 10.8 Å². The molecule has 128 valence electrons. The van der Waals surface area contributed by atoms with Crippen LogP contribution < -0.4 is 10.5 Å². The Balaban J connectivity index is 2.34. The average molecular weight is 360 g/mol. The van der Waals surface area contributed by atoms with E-state index in [0.717, 1.165) is 12.1 Å². The van der Waals surface area contributed by atoms with Gasteiger partial charge in [-0.3, -0.25) is 15.2 Å². The van der Waals surface area contributed by atoms with Gasteiger partial charge in [-0.2, -0.15) is 5.26 Å². The predicted molar refractivity (Wildman–Crippen MR) is 90.0 cm³/mol. The molecular formula is C16H14ClN5O3. The van der Waals surface area contributed by atoms with Gasteiger partial charge in [0.2, 0.25) is 11.8 Å². The molecule has 0 amide bonds. The van der Waals surface area contributed by atoms with Crippen molar-refractivity contribution in [2.75, 3.05) is 0 Å². The van der Waals surface area contributed by atoms with Gasteiger partial charge in [0.15, 0.2) is 0 Å². The first-order valence-electron chi connectivity index (χ1n) is 7.57. The summed E-state index contributed by atoms with van der Waals surface area (Å²) in [7, 11) is 0. The molecule has 0 fully saturated rings. The van der Waals surface area contributed by atoms with E-state index in [-0.39, 0.29) is 33.6 Å². The number of hydrogen-bond donors (Lipinski definition) is 2. The lowest BCUT2D eigenvalue weighted by molar-refractivity contribution is -0.385. The van der Waals surface area contributed by atoms with E-state index in [1.165, 1.54) is 12.1 Å². The number of ether oxygens (including phenoxy) is 1. The molecule has 1 atom stereocenters. The molecule has 0 saturated carbocycles. The van der Waals surface area contributed by atoms with Crippen LogP contribution in [0.3, 0.4) is 0 Å². The first kappa shape index (κ1) is 16.8. The Morgan fingerprint density at radius 3 is 2.92 bits per heavy atom. The molecular weight excluding hydrogens is 346 g/mol.